The van der Waals surface area contributed by atoms with Crippen LogP contribution in [0.15, 0.2) is 34.9 Å². The maximum absolute atomic E-state index is 12.5. The molecule has 8 heteroatoms. The number of carbonyl (C=O) groups is 2. The summed E-state index contributed by atoms with van der Waals surface area (Å²) in [5.41, 5.74) is 1.01. The van der Waals surface area contributed by atoms with Gasteiger partial charge < -0.3 is 19.9 Å². The fraction of sp³-hybridized carbons (Fsp3) is 0.450. The summed E-state index contributed by atoms with van der Waals surface area (Å²) in [7, 11) is 3.33. The Morgan fingerprint density at radius 3 is 2.36 bits per heavy atom. The standard InChI is InChI=1S/C20H28N4O4/c1-13(2)20(15-6-8-16(27-5)9-7-15)22-19(26)12-24(4)11-18(25)21-17-10-14(3)28-23-17/h6-10,13,20H,11-12H2,1-5H3,(H,22,26)(H,21,23,25). The third-order valence-electron chi connectivity index (χ3n) is 4.18. The Balaban J connectivity index is 1.87. The second-order valence-electron chi connectivity index (χ2n) is 7.11. The van der Waals surface area contributed by atoms with Crippen molar-refractivity contribution in [3.8, 4) is 5.75 Å². The van der Waals surface area contributed by atoms with Gasteiger partial charge in [-0.3, -0.25) is 14.5 Å². The van der Waals surface area contributed by atoms with E-state index < -0.39 is 0 Å². The molecule has 0 aliphatic rings. The number of ether oxygens (including phenoxy) is 1. The molecule has 0 aliphatic heterocycles. The van der Waals surface area contributed by atoms with Crippen LogP contribution in [-0.4, -0.2) is 49.1 Å². The highest BCUT2D eigenvalue weighted by molar-refractivity contribution is 5.91. The number of anilines is 1. The van der Waals surface area contributed by atoms with Crippen LogP contribution in [0.3, 0.4) is 0 Å². The smallest absolute Gasteiger partial charge is 0.239 e. The molecule has 2 amide bonds. The van der Waals surface area contributed by atoms with Crippen molar-refractivity contribution in [1.82, 2.24) is 15.4 Å². The van der Waals surface area contributed by atoms with Crippen molar-refractivity contribution in [1.29, 1.82) is 0 Å². The van der Waals surface area contributed by atoms with E-state index in [1.54, 1.807) is 32.0 Å². The zero-order chi connectivity index (χ0) is 20.7. The number of methoxy groups -OCH3 is 1. The van der Waals surface area contributed by atoms with Crippen LogP contribution >= 0.6 is 0 Å². The van der Waals surface area contributed by atoms with Gasteiger partial charge in [-0.05, 0) is 37.6 Å². The lowest BCUT2D eigenvalue weighted by Gasteiger charge is -2.24. The predicted molar refractivity (Wildman–Crippen MR) is 106 cm³/mol. The van der Waals surface area contributed by atoms with E-state index in [4.69, 9.17) is 9.26 Å². The van der Waals surface area contributed by atoms with Gasteiger partial charge in [-0.15, -0.1) is 0 Å². The number of carbonyl (C=O) groups excluding carboxylic acids is 2. The molecule has 1 aromatic carbocycles. The van der Waals surface area contributed by atoms with Gasteiger partial charge in [-0.25, -0.2) is 0 Å². The van der Waals surface area contributed by atoms with Gasteiger partial charge in [-0.1, -0.05) is 31.1 Å². The Kier molecular flexibility index (Phi) is 7.57. The van der Waals surface area contributed by atoms with E-state index in [0.29, 0.717) is 11.6 Å². The van der Waals surface area contributed by atoms with Gasteiger partial charge in [0.05, 0.1) is 26.2 Å². The number of likely N-dealkylation sites (N-methyl/N-ethyl adjacent to an activating group) is 1. The molecule has 2 rings (SSSR count). The van der Waals surface area contributed by atoms with E-state index in [1.807, 2.05) is 38.1 Å². The molecule has 0 fully saturated rings. The minimum Gasteiger partial charge on any atom is -0.497 e. The molecule has 0 spiro atoms. The molecule has 0 bridgehead atoms. The van der Waals surface area contributed by atoms with Crippen molar-refractivity contribution >= 4 is 17.6 Å². The number of hydrogen-bond acceptors (Lipinski definition) is 6. The summed E-state index contributed by atoms with van der Waals surface area (Å²) in [5.74, 6) is 1.54. The third kappa shape index (κ3) is 6.38. The average Bonchev–Trinajstić information content (AvgIpc) is 3.03. The molecule has 28 heavy (non-hydrogen) atoms. The summed E-state index contributed by atoms with van der Waals surface area (Å²) in [4.78, 5) is 26.2. The van der Waals surface area contributed by atoms with Crippen molar-refractivity contribution in [2.75, 3.05) is 32.6 Å². The molecule has 0 radical (unpaired) electrons. The highest BCUT2D eigenvalue weighted by atomic mass is 16.5. The van der Waals surface area contributed by atoms with Crippen LogP contribution in [0.25, 0.3) is 0 Å². The number of amides is 2. The van der Waals surface area contributed by atoms with E-state index >= 15 is 0 Å². The number of aromatic nitrogens is 1. The van der Waals surface area contributed by atoms with Gasteiger partial charge >= 0.3 is 0 Å². The molecular formula is C20H28N4O4. The molecule has 0 aliphatic carbocycles. The molecule has 1 heterocycles. The Hall–Kier alpha value is -2.87. The van der Waals surface area contributed by atoms with Gasteiger partial charge in [0.15, 0.2) is 5.82 Å². The van der Waals surface area contributed by atoms with Crippen molar-refractivity contribution in [2.45, 2.75) is 26.8 Å². The second-order valence-corrected chi connectivity index (χ2v) is 7.11. The normalized spacial score (nSPS) is 12.1. The molecule has 1 atom stereocenters. The number of benzene rings is 1. The fourth-order valence-corrected chi connectivity index (χ4v) is 2.82. The highest BCUT2D eigenvalue weighted by Gasteiger charge is 2.20. The second kappa shape index (κ2) is 9.89. The minimum atomic E-state index is -0.265. The van der Waals surface area contributed by atoms with Crippen molar-refractivity contribution < 1.29 is 18.8 Å². The first-order valence-electron chi connectivity index (χ1n) is 9.13. The lowest BCUT2D eigenvalue weighted by molar-refractivity contribution is -0.123. The van der Waals surface area contributed by atoms with Crippen LogP contribution in [0.4, 0.5) is 5.82 Å². The maximum atomic E-state index is 12.5. The van der Waals surface area contributed by atoms with Crippen LogP contribution in [-0.2, 0) is 9.59 Å². The lowest BCUT2D eigenvalue weighted by atomic mass is 9.96. The topological polar surface area (TPSA) is 96.7 Å². The van der Waals surface area contributed by atoms with Gasteiger partial charge in [0.2, 0.25) is 11.8 Å². The number of nitrogens with zero attached hydrogens (tertiary/aromatic N) is 2. The van der Waals surface area contributed by atoms with Crippen LogP contribution in [0, 0.1) is 12.8 Å². The summed E-state index contributed by atoms with van der Waals surface area (Å²) in [6, 6.07) is 9.14. The molecule has 2 aromatic rings. The van der Waals surface area contributed by atoms with E-state index in [-0.39, 0.29) is 36.9 Å². The monoisotopic (exact) mass is 388 g/mol. The predicted octanol–water partition coefficient (Wildman–Crippen LogP) is 2.38. The quantitative estimate of drug-likeness (QED) is 0.685. The van der Waals surface area contributed by atoms with Gasteiger partial charge in [0.25, 0.3) is 0 Å². The first-order chi connectivity index (χ1) is 13.3. The summed E-state index contributed by atoms with van der Waals surface area (Å²) in [6.45, 7) is 6.00. The van der Waals surface area contributed by atoms with E-state index in [1.165, 1.54) is 0 Å². The summed E-state index contributed by atoms with van der Waals surface area (Å²) < 4.78 is 10.1. The molecule has 2 N–H and O–H groups in total. The number of aryl methyl sites for hydroxylation is 1. The Bertz CT molecular complexity index is 786. The summed E-state index contributed by atoms with van der Waals surface area (Å²) >= 11 is 0. The number of rotatable bonds is 9. The minimum absolute atomic E-state index is 0.0637. The van der Waals surface area contributed by atoms with Gasteiger partial charge in [0, 0.05) is 6.07 Å². The molecular weight excluding hydrogens is 360 g/mol. The SMILES string of the molecule is COc1ccc(C(NC(=O)CN(C)CC(=O)Nc2cc(C)on2)C(C)C)cc1. The Labute approximate surface area is 165 Å². The van der Waals surface area contributed by atoms with Crippen LogP contribution < -0.4 is 15.4 Å². The highest BCUT2D eigenvalue weighted by Crippen LogP contribution is 2.23. The maximum Gasteiger partial charge on any atom is 0.239 e. The Morgan fingerprint density at radius 2 is 1.82 bits per heavy atom. The summed E-state index contributed by atoms with van der Waals surface area (Å²) in [5, 5.41) is 9.40. The van der Waals surface area contributed by atoms with Crippen LogP contribution in [0.5, 0.6) is 5.75 Å². The lowest BCUT2D eigenvalue weighted by Crippen LogP contribution is -2.41. The van der Waals surface area contributed by atoms with Crippen molar-refractivity contribution in [3.05, 3.63) is 41.7 Å². The third-order valence-corrected chi connectivity index (χ3v) is 4.18. The molecule has 1 aromatic heterocycles. The van der Waals surface area contributed by atoms with E-state index in [2.05, 4.69) is 15.8 Å². The van der Waals surface area contributed by atoms with Crippen LogP contribution in [0.1, 0.15) is 31.2 Å². The molecule has 152 valence electrons. The summed E-state index contributed by atoms with van der Waals surface area (Å²) in [6.07, 6.45) is 0. The first kappa shape index (κ1) is 21.4. The first-order valence-corrected chi connectivity index (χ1v) is 9.13. The zero-order valence-electron chi connectivity index (χ0n) is 17.0. The zero-order valence-corrected chi connectivity index (χ0v) is 17.0. The van der Waals surface area contributed by atoms with E-state index in [0.717, 1.165) is 11.3 Å². The molecule has 0 saturated carbocycles. The van der Waals surface area contributed by atoms with Crippen molar-refractivity contribution in [2.24, 2.45) is 5.92 Å². The molecule has 1 unspecified atom stereocenters. The van der Waals surface area contributed by atoms with Gasteiger partial charge in [0.1, 0.15) is 11.5 Å². The Morgan fingerprint density at radius 1 is 1.18 bits per heavy atom. The van der Waals surface area contributed by atoms with Crippen LogP contribution in [0.2, 0.25) is 0 Å². The van der Waals surface area contributed by atoms with E-state index in [9.17, 15) is 9.59 Å². The molecule has 0 saturated heterocycles. The number of hydrogen-bond donors (Lipinski definition) is 2. The average molecular weight is 388 g/mol. The van der Waals surface area contributed by atoms with Crippen molar-refractivity contribution in [3.63, 3.8) is 0 Å². The number of nitrogens with one attached hydrogen (secondary N) is 2. The van der Waals surface area contributed by atoms with Gasteiger partial charge in [-0.2, -0.15) is 0 Å². The fourth-order valence-electron chi connectivity index (χ4n) is 2.82. The largest absolute Gasteiger partial charge is 0.497 e. The molecule has 8 nitrogen and oxygen atoms in total.